The molecule has 0 bridgehead atoms. The summed E-state index contributed by atoms with van der Waals surface area (Å²) in [5.74, 6) is 0.468. The molecule has 0 amide bonds. The summed E-state index contributed by atoms with van der Waals surface area (Å²) in [6.45, 7) is 4.38. The molecule has 25 heavy (non-hydrogen) atoms. The molecule has 1 nitrogen and oxygen atoms in total. The fourth-order valence-corrected chi connectivity index (χ4v) is 3.60. The lowest BCUT2D eigenvalue weighted by Crippen LogP contribution is -1.89. The molecule has 0 aromatic heterocycles. The van der Waals surface area contributed by atoms with E-state index < -0.39 is 0 Å². The van der Waals surface area contributed by atoms with Crippen LogP contribution in [0.25, 0.3) is 0 Å². The van der Waals surface area contributed by atoms with Crippen molar-refractivity contribution in [2.75, 3.05) is 0 Å². The normalized spacial score (nSPS) is 11.1. The largest absolute Gasteiger partial charge is 0.508 e. The molecule has 1 heteroatoms. The number of phenolic OH excluding ortho intramolecular Hbond substituents is 1. The number of hydrogen-bond acceptors (Lipinski definition) is 1. The molecule has 1 rings (SSSR count). The van der Waals surface area contributed by atoms with Crippen LogP contribution in [-0.4, -0.2) is 5.11 Å². The third kappa shape index (κ3) is 12.1. The van der Waals surface area contributed by atoms with Gasteiger partial charge < -0.3 is 5.11 Å². The summed E-state index contributed by atoms with van der Waals surface area (Å²) in [5.41, 5.74) is 2.36. The molecular weight excluding hydrogens is 304 g/mol. The summed E-state index contributed by atoms with van der Waals surface area (Å²) in [6.07, 6.45) is 22.0. The van der Waals surface area contributed by atoms with Gasteiger partial charge in [0.1, 0.15) is 5.75 Å². The molecule has 0 saturated carbocycles. The van der Waals surface area contributed by atoms with E-state index in [2.05, 4.69) is 19.9 Å². The highest BCUT2D eigenvalue weighted by atomic mass is 16.3. The van der Waals surface area contributed by atoms with Crippen LogP contribution in [0.15, 0.2) is 18.2 Å². The standard InChI is InChI=1S/C24H42O/c1-3-4-5-6-7-8-9-10-11-12-13-14-15-16-17-18-23-21-22(2)19-20-24(23)25/h19-21,25H,3-18H2,1-2H3. The lowest BCUT2D eigenvalue weighted by atomic mass is 10.0. The van der Waals surface area contributed by atoms with E-state index in [0.717, 1.165) is 12.0 Å². The maximum Gasteiger partial charge on any atom is 0.118 e. The zero-order valence-corrected chi connectivity index (χ0v) is 17.0. The zero-order valence-electron chi connectivity index (χ0n) is 17.0. The van der Waals surface area contributed by atoms with Crippen LogP contribution < -0.4 is 0 Å². The van der Waals surface area contributed by atoms with Crippen LogP contribution >= 0.6 is 0 Å². The Labute approximate surface area is 157 Å². The number of benzene rings is 1. The van der Waals surface area contributed by atoms with Crippen LogP contribution in [0.5, 0.6) is 5.75 Å². The SMILES string of the molecule is CCCCCCCCCCCCCCCCCc1cc(C)ccc1O. The van der Waals surface area contributed by atoms with E-state index >= 15 is 0 Å². The second kappa shape index (κ2) is 15.3. The van der Waals surface area contributed by atoms with Gasteiger partial charge in [-0.3, -0.25) is 0 Å². The van der Waals surface area contributed by atoms with E-state index in [0.29, 0.717) is 5.75 Å². The van der Waals surface area contributed by atoms with Crippen molar-refractivity contribution in [3.63, 3.8) is 0 Å². The fraction of sp³-hybridized carbons (Fsp3) is 0.750. The van der Waals surface area contributed by atoms with Crippen molar-refractivity contribution in [3.8, 4) is 5.75 Å². The molecule has 144 valence electrons. The van der Waals surface area contributed by atoms with E-state index in [1.807, 2.05) is 12.1 Å². The van der Waals surface area contributed by atoms with Crippen LogP contribution in [-0.2, 0) is 6.42 Å². The molecule has 0 aliphatic heterocycles. The zero-order chi connectivity index (χ0) is 18.2. The summed E-state index contributed by atoms with van der Waals surface area (Å²) in [6, 6.07) is 5.93. The predicted octanol–water partition coefficient (Wildman–Crippen LogP) is 8.11. The van der Waals surface area contributed by atoms with Gasteiger partial charge in [0.2, 0.25) is 0 Å². The second-order valence-corrected chi connectivity index (χ2v) is 7.83. The predicted molar refractivity (Wildman–Crippen MR) is 111 cm³/mol. The van der Waals surface area contributed by atoms with E-state index in [-0.39, 0.29) is 0 Å². The number of aromatic hydroxyl groups is 1. The van der Waals surface area contributed by atoms with Crippen molar-refractivity contribution in [2.45, 2.75) is 117 Å². The topological polar surface area (TPSA) is 20.2 Å². The van der Waals surface area contributed by atoms with Crippen molar-refractivity contribution >= 4 is 0 Å². The van der Waals surface area contributed by atoms with Gasteiger partial charge in [0.15, 0.2) is 0 Å². The number of unbranched alkanes of at least 4 members (excludes halogenated alkanes) is 14. The van der Waals surface area contributed by atoms with Crippen molar-refractivity contribution < 1.29 is 5.11 Å². The van der Waals surface area contributed by atoms with Crippen LogP contribution in [0.3, 0.4) is 0 Å². The second-order valence-electron chi connectivity index (χ2n) is 7.83. The van der Waals surface area contributed by atoms with Crippen LogP contribution in [0.2, 0.25) is 0 Å². The van der Waals surface area contributed by atoms with E-state index in [4.69, 9.17) is 0 Å². The first kappa shape index (κ1) is 22.1. The Balaban J connectivity index is 1.82. The van der Waals surface area contributed by atoms with Crippen molar-refractivity contribution in [1.82, 2.24) is 0 Å². The Morgan fingerprint density at radius 3 is 1.56 bits per heavy atom. The van der Waals surface area contributed by atoms with E-state index in [1.165, 1.54) is 102 Å². The van der Waals surface area contributed by atoms with E-state index in [1.54, 1.807) is 0 Å². The minimum Gasteiger partial charge on any atom is -0.508 e. The number of phenols is 1. The molecule has 1 N–H and O–H groups in total. The van der Waals surface area contributed by atoms with Crippen molar-refractivity contribution in [1.29, 1.82) is 0 Å². The van der Waals surface area contributed by atoms with E-state index in [9.17, 15) is 5.11 Å². The monoisotopic (exact) mass is 346 g/mol. The highest BCUT2D eigenvalue weighted by Gasteiger charge is 2.01. The Hall–Kier alpha value is -0.980. The van der Waals surface area contributed by atoms with Gasteiger partial charge in [0.25, 0.3) is 0 Å². The van der Waals surface area contributed by atoms with Gasteiger partial charge in [-0.05, 0) is 31.4 Å². The lowest BCUT2D eigenvalue weighted by molar-refractivity contribution is 0.465. The Kier molecular flexibility index (Phi) is 13.5. The third-order valence-electron chi connectivity index (χ3n) is 5.28. The summed E-state index contributed by atoms with van der Waals surface area (Å²) in [4.78, 5) is 0. The molecule has 1 aromatic carbocycles. The molecule has 0 aliphatic carbocycles. The summed E-state index contributed by atoms with van der Waals surface area (Å²) >= 11 is 0. The van der Waals surface area contributed by atoms with Gasteiger partial charge >= 0.3 is 0 Å². The Bertz CT molecular complexity index is 424. The highest BCUT2D eigenvalue weighted by molar-refractivity contribution is 5.35. The van der Waals surface area contributed by atoms with Crippen LogP contribution in [0.1, 0.15) is 114 Å². The summed E-state index contributed by atoms with van der Waals surface area (Å²) < 4.78 is 0. The number of aryl methyl sites for hydroxylation is 2. The first-order valence-corrected chi connectivity index (χ1v) is 11.0. The molecule has 0 fully saturated rings. The number of rotatable bonds is 16. The van der Waals surface area contributed by atoms with Gasteiger partial charge in [-0.25, -0.2) is 0 Å². The minimum atomic E-state index is 0.468. The van der Waals surface area contributed by atoms with Gasteiger partial charge in [0, 0.05) is 0 Å². The maximum atomic E-state index is 9.85. The minimum absolute atomic E-state index is 0.468. The first-order chi connectivity index (χ1) is 12.2. The Morgan fingerprint density at radius 1 is 0.640 bits per heavy atom. The quantitative estimate of drug-likeness (QED) is 0.300. The molecule has 0 heterocycles. The average molecular weight is 347 g/mol. The maximum absolute atomic E-state index is 9.85. The lowest BCUT2D eigenvalue weighted by Gasteiger charge is -2.06. The van der Waals surface area contributed by atoms with Gasteiger partial charge in [0.05, 0.1) is 0 Å². The smallest absolute Gasteiger partial charge is 0.118 e. The molecule has 0 spiro atoms. The van der Waals surface area contributed by atoms with Gasteiger partial charge in [-0.2, -0.15) is 0 Å². The molecule has 0 atom stereocenters. The van der Waals surface area contributed by atoms with Crippen LogP contribution in [0.4, 0.5) is 0 Å². The average Bonchev–Trinajstić information content (AvgIpc) is 2.61. The molecule has 0 saturated heterocycles. The van der Waals surface area contributed by atoms with Crippen molar-refractivity contribution in [2.24, 2.45) is 0 Å². The molecule has 0 radical (unpaired) electrons. The number of hydrogen-bond donors (Lipinski definition) is 1. The molecule has 1 aromatic rings. The van der Waals surface area contributed by atoms with Crippen molar-refractivity contribution in [3.05, 3.63) is 29.3 Å². The fourth-order valence-electron chi connectivity index (χ4n) is 3.60. The summed E-state index contributed by atoms with van der Waals surface area (Å²) in [5, 5.41) is 9.85. The van der Waals surface area contributed by atoms with Crippen LogP contribution in [0, 0.1) is 6.92 Å². The summed E-state index contributed by atoms with van der Waals surface area (Å²) in [7, 11) is 0. The van der Waals surface area contributed by atoms with Gasteiger partial charge in [-0.15, -0.1) is 0 Å². The van der Waals surface area contributed by atoms with Gasteiger partial charge in [-0.1, -0.05) is 115 Å². The Morgan fingerprint density at radius 2 is 1.08 bits per heavy atom. The molecule has 0 aliphatic rings. The highest BCUT2D eigenvalue weighted by Crippen LogP contribution is 2.21. The first-order valence-electron chi connectivity index (χ1n) is 11.0. The third-order valence-corrected chi connectivity index (χ3v) is 5.28. The molecule has 0 unspecified atom stereocenters. The molecular formula is C24H42O.